The van der Waals surface area contributed by atoms with Crippen LogP contribution in [0.1, 0.15) is 29.5 Å². The van der Waals surface area contributed by atoms with Crippen LogP contribution in [0.4, 0.5) is 0 Å². The molecule has 0 bridgehead atoms. The molecule has 1 heterocycles. The fourth-order valence-electron chi connectivity index (χ4n) is 2.83. The van der Waals surface area contributed by atoms with Crippen LogP contribution in [0.2, 0.25) is 5.02 Å². The van der Waals surface area contributed by atoms with Gasteiger partial charge in [-0.1, -0.05) is 47.1 Å². The predicted octanol–water partition coefficient (Wildman–Crippen LogP) is 5.45. The summed E-state index contributed by atoms with van der Waals surface area (Å²) in [4.78, 5) is 17.7. The van der Waals surface area contributed by atoms with Gasteiger partial charge in [0.25, 0.3) is 5.56 Å². The number of aromatic nitrogens is 2. The molecule has 1 aromatic heterocycles. The third-order valence-corrected chi connectivity index (χ3v) is 5.59. The zero-order valence-corrected chi connectivity index (χ0v) is 16.5. The van der Waals surface area contributed by atoms with Gasteiger partial charge in [-0.3, -0.25) is 9.36 Å². The maximum absolute atomic E-state index is 12.9. The molecule has 0 N–H and O–H groups in total. The Balaban J connectivity index is 2.01. The van der Waals surface area contributed by atoms with Crippen molar-refractivity contribution < 1.29 is 0 Å². The molecular weight excluding hydrogens is 364 g/mol. The molecule has 0 atom stereocenters. The van der Waals surface area contributed by atoms with Crippen molar-refractivity contribution in [1.29, 1.82) is 0 Å². The number of hydrogen-bond donors (Lipinski definition) is 0. The van der Waals surface area contributed by atoms with Gasteiger partial charge in [-0.05, 0) is 62.9 Å². The van der Waals surface area contributed by atoms with E-state index in [1.165, 1.54) is 16.7 Å². The standard InChI is InChI=1S/C21H21ClN2OS/c1-4-5-10-24-20(25)18-12-17(22)8-9-19(18)23-21(24)26-13-16-11-14(2)6-7-15(16)3/h1,6-9,11-12H,4-5,10,13H2,2-3H3. The van der Waals surface area contributed by atoms with Gasteiger partial charge in [0.15, 0.2) is 5.16 Å². The summed E-state index contributed by atoms with van der Waals surface area (Å²) in [5.74, 6) is 0.766. The van der Waals surface area contributed by atoms with E-state index in [4.69, 9.17) is 23.5 Å². The highest BCUT2D eigenvalue weighted by Gasteiger charge is 2.12. The summed E-state index contributed by atoms with van der Waals surface area (Å²) < 4.78 is 1.72. The summed E-state index contributed by atoms with van der Waals surface area (Å²) in [5.41, 5.74) is 4.34. The van der Waals surface area contributed by atoms with E-state index in [2.05, 4.69) is 32.0 Å². The topological polar surface area (TPSA) is 34.9 Å². The van der Waals surface area contributed by atoms with Crippen molar-refractivity contribution in [3.8, 4) is 0 Å². The minimum Gasteiger partial charge on any atom is -0.287 e. The second kappa shape index (κ2) is 8.28. The Morgan fingerprint density at radius 2 is 2.00 bits per heavy atom. The molecule has 2 aromatic carbocycles. The Kier molecular flexibility index (Phi) is 6.05. The highest BCUT2D eigenvalue weighted by Crippen LogP contribution is 2.25. The van der Waals surface area contributed by atoms with Crippen molar-refractivity contribution in [2.75, 3.05) is 0 Å². The van der Waals surface area contributed by atoms with E-state index in [9.17, 15) is 4.79 Å². The molecule has 0 unspecified atom stereocenters. The molecule has 0 spiro atoms. The monoisotopic (exact) mass is 384 g/mol. The molecule has 0 saturated heterocycles. The van der Waals surface area contributed by atoms with Crippen LogP contribution in [0, 0.1) is 20.8 Å². The summed E-state index contributed by atoms with van der Waals surface area (Å²) in [6, 6.07) is 11.7. The lowest BCUT2D eigenvalue weighted by Crippen LogP contribution is -2.23. The van der Waals surface area contributed by atoms with Crippen LogP contribution < -0.4 is 5.56 Å². The summed E-state index contributed by atoms with van der Waals surface area (Å²) in [6.45, 7) is 10.4. The number of aryl methyl sites for hydroxylation is 2. The van der Waals surface area contributed by atoms with Crippen molar-refractivity contribution in [1.82, 2.24) is 9.55 Å². The molecule has 0 aliphatic rings. The quantitative estimate of drug-likeness (QED) is 0.418. The molecule has 0 amide bonds. The van der Waals surface area contributed by atoms with Gasteiger partial charge in [-0.2, -0.15) is 0 Å². The molecule has 3 rings (SSSR count). The minimum absolute atomic E-state index is 0.0607. The molecule has 5 heteroatoms. The SMILES string of the molecule is [CH]CCCn1c(SCc2cc(C)ccc2C)nc2ccc(Cl)cc2c1=O. The van der Waals surface area contributed by atoms with Crippen molar-refractivity contribution >= 4 is 34.3 Å². The number of unbranched alkanes of at least 4 members (excludes halogenated alkanes) is 1. The third kappa shape index (κ3) is 4.13. The van der Waals surface area contributed by atoms with Gasteiger partial charge in [0.05, 0.1) is 10.9 Å². The van der Waals surface area contributed by atoms with Crippen LogP contribution in [0.5, 0.6) is 0 Å². The average Bonchev–Trinajstić information content (AvgIpc) is 2.62. The lowest BCUT2D eigenvalue weighted by Gasteiger charge is -2.14. The lowest BCUT2D eigenvalue weighted by atomic mass is 10.1. The molecule has 0 aliphatic heterocycles. The molecule has 0 saturated carbocycles. The smallest absolute Gasteiger partial charge is 0.262 e. The maximum atomic E-state index is 12.9. The van der Waals surface area contributed by atoms with Crippen molar-refractivity contribution in [2.45, 2.75) is 44.1 Å². The van der Waals surface area contributed by atoms with Crippen molar-refractivity contribution in [3.05, 3.63) is 75.4 Å². The first-order valence-electron chi connectivity index (χ1n) is 8.58. The zero-order chi connectivity index (χ0) is 18.7. The van der Waals surface area contributed by atoms with E-state index in [1.54, 1.807) is 34.5 Å². The van der Waals surface area contributed by atoms with E-state index in [-0.39, 0.29) is 5.56 Å². The van der Waals surface area contributed by atoms with Crippen LogP contribution >= 0.6 is 23.4 Å². The Morgan fingerprint density at radius 1 is 1.19 bits per heavy atom. The van der Waals surface area contributed by atoms with Gasteiger partial charge >= 0.3 is 0 Å². The Hall–Kier alpha value is -1.78. The summed E-state index contributed by atoms with van der Waals surface area (Å²) in [5, 5.41) is 1.81. The van der Waals surface area contributed by atoms with Gasteiger partial charge in [-0.15, -0.1) is 0 Å². The normalized spacial score (nSPS) is 11.2. The number of fused-ring (bicyclic) bond motifs is 1. The van der Waals surface area contributed by atoms with Crippen LogP contribution in [-0.4, -0.2) is 9.55 Å². The minimum atomic E-state index is -0.0607. The lowest BCUT2D eigenvalue weighted by molar-refractivity contribution is 0.567. The van der Waals surface area contributed by atoms with Crippen LogP contribution in [0.15, 0.2) is 46.3 Å². The van der Waals surface area contributed by atoms with Crippen LogP contribution in [0.3, 0.4) is 0 Å². The molecule has 3 nitrogen and oxygen atoms in total. The number of halogens is 1. The Morgan fingerprint density at radius 3 is 2.77 bits per heavy atom. The molecule has 0 aliphatic carbocycles. The Labute approximate surface area is 163 Å². The predicted molar refractivity (Wildman–Crippen MR) is 110 cm³/mol. The number of rotatable bonds is 6. The molecule has 2 radical (unpaired) electrons. The molecular formula is C21H21ClN2OS. The fraction of sp³-hybridized carbons (Fsp3) is 0.286. The number of benzene rings is 2. The highest BCUT2D eigenvalue weighted by molar-refractivity contribution is 7.98. The first-order valence-corrected chi connectivity index (χ1v) is 9.95. The van der Waals surface area contributed by atoms with E-state index >= 15 is 0 Å². The molecule has 26 heavy (non-hydrogen) atoms. The first-order chi connectivity index (χ1) is 12.5. The number of thioether (sulfide) groups is 1. The van der Waals surface area contributed by atoms with E-state index < -0.39 is 0 Å². The van der Waals surface area contributed by atoms with Crippen LogP contribution in [-0.2, 0) is 12.3 Å². The summed E-state index contributed by atoms with van der Waals surface area (Å²) in [6.07, 6.45) is 1.26. The number of nitrogens with zero attached hydrogens (tertiary/aromatic N) is 2. The largest absolute Gasteiger partial charge is 0.287 e. The molecule has 3 aromatic rings. The highest BCUT2D eigenvalue weighted by atomic mass is 35.5. The fourth-order valence-corrected chi connectivity index (χ4v) is 4.09. The van der Waals surface area contributed by atoms with Crippen molar-refractivity contribution in [3.63, 3.8) is 0 Å². The summed E-state index contributed by atoms with van der Waals surface area (Å²) >= 11 is 7.64. The van der Waals surface area contributed by atoms with Gasteiger partial charge in [0, 0.05) is 17.3 Å². The zero-order valence-electron chi connectivity index (χ0n) is 15.0. The van der Waals surface area contributed by atoms with Crippen molar-refractivity contribution in [2.24, 2.45) is 0 Å². The van der Waals surface area contributed by atoms with Gasteiger partial charge < -0.3 is 0 Å². The maximum Gasteiger partial charge on any atom is 0.262 e. The van der Waals surface area contributed by atoms with E-state index in [0.29, 0.717) is 28.9 Å². The van der Waals surface area contributed by atoms with Crippen LogP contribution in [0.25, 0.3) is 10.9 Å². The number of hydrogen-bond acceptors (Lipinski definition) is 3. The van der Waals surface area contributed by atoms with E-state index in [1.807, 2.05) is 0 Å². The first kappa shape index (κ1) is 19.0. The second-order valence-electron chi connectivity index (χ2n) is 6.37. The average molecular weight is 385 g/mol. The third-order valence-electron chi connectivity index (χ3n) is 4.33. The second-order valence-corrected chi connectivity index (χ2v) is 7.75. The van der Waals surface area contributed by atoms with Gasteiger partial charge in [-0.25, -0.2) is 4.98 Å². The van der Waals surface area contributed by atoms with Gasteiger partial charge in [0.1, 0.15) is 0 Å². The summed E-state index contributed by atoms with van der Waals surface area (Å²) in [7, 11) is 0. The van der Waals surface area contributed by atoms with Gasteiger partial charge in [0.2, 0.25) is 0 Å². The molecule has 0 fully saturated rings. The van der Waals surface area contributed by atoms with E-state index in [0.717, 1.165) is 17.3 Å². The Bertz CT molecular complexity index is 997. The molecule has 134 valence electrons.